The second-order valence-corrected chi connectivity index (χ2v) is 5.74. The molecule has 0 aromatic carbocycles. The lowest BCUT2D eigenvalue weighted by molar-refractivity contribution is 0.286. The van der Waals surface area contributed by atoms with E-state index in [0.717, 1.165) is 6.42 Å². The highest BCUT2D eigenvalue weighted by molar-refractivity contribution is 7.52. The fourth-order valence-corrected chi connectivity index (χ4v) is 1.96. The summed E-state index contributed by atoms with van der Waals surface area (Å²) in [6, 6.07) is 0. The van der Waals surface area contributed by atoms with Crippen LogP contribution in [0.2, 0.25) is 0 Å². The summed E-state index contributed by atoms with van der Waals surface area (Å²) in [5.41, 5.74) is 0. The molecular weight excluding hydrogens is 199 g/mol. The van der Waals surface area contributed by atoms with E-state index in [4.69, 9.17) is 4.52 Å². The quantitative estimate of drug-likeness (QED) is 0.529. The molecule has 0 aromatic rings. The van der Waals surface area contributed by atoms with Gasteiger partial charge in [-0.05, 0) is 18.8 Å². The molecule has 14 heavy (non-hydrogen) atoms. The van der Waals surface area contributed by atoms with Crippen LogP contribution in [-0.4, -0.2) is 17.7 Å². The Bertz CT molecular complexity index is 211. The van der Waals surface area contributed by atoms with Gasteiger partial charge in [-0.1, -0.05) is 32.9 Å². The third kappa shape index (κ3) is 8.49. The van der Waals surface area contributed by atoms with Crippen LogP contribution in [-0.2, 0) is 9.09 Å². The molecule has 3 nitrogen and oxygen atoms in total. The molecule has 0 radical (unpaired) electrons. The van der Waals surface area contributed by atoms with E-state index in [1.807, 2.05) is 13.0 Å². The molecule has 1 atom stereocenters. The van der Waals surface area contributed by atoms with Gasteiger partial charge in [0.05, 0.1) is 6.61 Å². The van der Waals surface area contributed by atoms with Crippen molar-refractivity contribution in [2.24, 2.45) is 5.92 Å². The molecule has 0 bridgehead atoms. The molecule has 84 valence electrons. The van der Waals surface area contributed by atoms with Crippen molar-refractivity contribution in [1.29, 1.82) is 0 Å². The average molecular weight is 220 g/mol. The second-order valence-electron chi connectivity index (χ2n) is 3.76. The molecule has 1 unspecified atom stereocenters. The first-order valence-corrected chi connectivity index (χ1v) is 6.85. The minimum absolute atomic E-state index is 0.237. The summed E-state index contributed by atoms with van der Waals surface area (Å²) >= 11 is 0. The monoisotopic (exact) mass is 220 g/mol. The number of rotatable bonds is 7. The van der Waals surface area contributed by atoms with Gasteiger partial charge in [-0.25, -0.2) is 0 Å². The van der Waals surface area contributed by atoms with Crippen LogP contribution in [0.15, 0.2) is 12.2 Å². The fraction of sp³-hybridized carbons (Fsp3) is 0.800. The third-order valence-electron chi connectivity index (χ3n) is 1.65. The molecule has 0 spiro atoms. The molecule has 0 heterocycles. The Balaban J connectivity index is 3.62. The Morgan fingerprint density at radius 1 is 1.43 bits per heavy atom. The van der Waals surface area contributed by atoms with Crippen LogP contribution in [0.25, 0.3) is 0 Å². The lowest BCUT2D eigenvalue weighted by Crippen LogP contribution is -1.94. The minimum atomic E-state index is -3.31. The zero-order valence-electron chi connectivity index (χ0n) is 9.27. The van der Waals surface area contributed by atoms with Gasteiger partial charge >= 0.3 is 7.60 Å². The van der Waals surface area contributed by atoms with Crippen molar-refractivity contribution in [2.45, 2.75) is 33.6 Å². The van der Waals surface area contributed by atoms with Gasteiger partial charge < -0.3 is 9.42 Å². The van der Waals surface area contributed by atoms with E-state index < -0.39 is 7.60 Å². The Morgan fingerprint density at radius 3 is 2.57 bits per heavy atom. The van der Waals surface area contributed by atoms with Gasteiger partial charge in [0.2, 0.25) is 0 Å². The molecule has 0 amide bonds. The van der Waals surface area contributed by atoms with E-state index in [-0.39, 0.29) is 12.8 Å². The molecule has 0 aliphatic heterocycles. The summed E-state index contributed by atoms with van der Waals surface area (Å²) in [7, 11) is -3.31. The van der Waals surface area contributed by atoms with Gasteiger partial charge in [0.15, 0.2) is 0 Å². The summed E-state index contributed by atoms with van der Waals surface area (Å²) in [5.74, 6) is 0.614. The van der Waals surface area contributed by atoms with Gasteiger partial charge in [0.1, 0.15) is 0 Å². The molecule has 1 N–H and O–H groups in total. The van der Waals surface area contributed by atoms with Gasteiger partial charge in [-0.3, -0.25) is 4.57 Å². The van der Waals surface area contributed by atoms with Gasteiger partial charge in [-0.2, -0.15) is 0 Å². The maximum Gasteiger partial charge on any atom is 0.328 e. The van der Waals surface area contributed by atoms with Gasteiger partial charge in [-0.15, -0.1) is 0 Å². The second kappa shape index (κ2) is 7.22. The standard InChI is InChI=1S/C10H21O3P/c1-4-9-14(11,12)13-8-6-5-7-10(2)3/h5-6,10H,4,7-9H2,1-3H3,(H,11,12). The van der Waals surface area contributed by atoms with Crippen LogP contribution >= 0.6 is 7.60 Å². The number of hydrogen-bond donors (Lipinski definition) is 1. The first kappa shape index (κ1) is 13.9. The molecule has 0 fully saturated rings. The summed E-state index contributed by atoms with van der Waals surface area (Å²) in [6.45, 7) is 6.35. The Morgan fingerprint density at radius 2 is 2.07 bits per heavy atom. The van der Waals surface area contributed by atoms with Crippen LogP contribution in [0.5, 0.6) is 0 Å². The zero-order chi connectivity index (χ0) is 11.0. The fourth-order valence-electron chi connectivity index (χ4n) is 0.943. The van der Waals surface area contributed by atoms with Crippen molar-refractivity contribution in [2.75, 3.05) is 12.8 Å². The van der Waals surface area contributed by atoms with E-state index in [0.29, 0.717) is 12.3 Å². The smallest absolute Gasteiger partial charge is 0.324 e. The van der Waals surface area contributed by atoms with Crippen molar-refractivity contribution < 1.29 is 14.0 Å². The van der Waals surface area contributed by atoms with Crippen molar-refractivity contribution in [3.8, 4) is 0 Å². The molecule has 0 rings (SSSR count). The molecule has 0 saturated carbocycles. The number of allylic oxidation sites excluding steroid dienone is 1. The van der Waals surface area contributed by atoms with Crippen LogP contribution in [0.1, 0.15) is 33.6 Å². The summed E-state index contributed by atoms with van der Waals surface area (Å²) < 4.78 is 16.1. The van der Waals surface area contributed by atoms with Crippen molar-refractivity contribution >= 4 is 7.60 Å². The normalized spacial score (nSPS) is 16.4. The molecule has 4 heteroatoms. The van der Waals surface area contributed by atoms with Crippen LogP contribution < -0.4 is 0 Å². The van der Waals surface area contributed by atoms with E-state index in [1.54, 1.807) is 6.08 Å². The highest BCUT2D eigenvalue weighted by Gasteiger charge is 2.15. The highest BCUT2D eigenvalue weighted by Crippen LogP contribution is 2.42. The van der Waals surface area contributed by atoms with Crippen molar-refractivity contribution in [3.63, 3.8) is 0 Å². The Hall–Kier alpha value is -0.110. The van der Waals surface area contributed by atoms with Crippen LogP contribution in [0.3, 0.4) is 0 Å². The summed E-state index contributed by atoms with van der Waals surface area (Å²) in [5, 5.41) is 0. The predicted molar refractivity (Wildman–Crippen MR) is 59.5 cm³/mol. The van der Waals surface area contributed by atoms with Crippen molar-refractivity contribution in [1.82, 2.24) is 0 Å². The van der Waals surface area contributed by atoms with E-state index in [9.17, 15) is 9.46 Å². The van der Waals surface area contributed by atoms with E-state index in [1.165, 1.54) is 0 Å². The van der Waals surface area contributed by atoms with Crippen LogP contribution in [0, 0.1) is 5.92 Å². The number of hydrogen-bond acceptors (Lipinski definition) is 2. The molecule has 0 aliphatic carbocycles. The topological polar surface area (TPSA) is 46.5 Å². The maximum absolute atomic E-state index is 11.2. The molecular formula is C10H21O3P. The Kier molecular flexibility index (Phi) is 7.16. The SMILES string of the molecule is CCCP(=O)(O)OCC=CCC(C)C. The minimum Gasteiger partial charge on any atom is -0.324 e. The Labute approximate surface area is 86.7 Å². The molecule has 0 aliphatic rings. The van der Waals surface area contributed by atoms with E-state index >= 15 is 0 Å². The summed E-state index contributed by atoms with van der Waals surface area (Å²) in [4.78, 5) is 9.22. The van der Waals surface area contributed by atoms with Crippen molar-refractivity contribution in [3.05, 3.63) is 12.2 Å². The molecule has 0 saturated heterocycles. The molecule has 0 aromatic heterocycles. The first-order valence-electron chi connectivity index (χ1n) is 5.09. The lowest BCUT2D eigenvalue weighted by Gasteiger charge is -2.08. The summed E-state index contributed by atoms with van der Waals surface area (Å²) in [6.07, 6.45) is 5.68. The van der Waals surface area contributed by atoms with Crippen LogP contribution in [0.4, 0.5) is 0 Å². The largest absolute Gasteiger partial charge is 0.328 e. The average Bonchev–Trinajstić information content (AvgIpc) is 2.02. The maximum atomic E-state index is 11.2. The first-order chi connectivity index (χ1) is 6.48. The van der Waals surface area contributed by atoms with Gasteiger partial charge in [0.25, 0.3) is 0 Å². The third-order valence-corrected chi connectivity index (χ3v) is 3.22. The highest BCUT2D eigenvalue weighted by atomic mass is 31.2. The van der Waals surface area contributed by atoms with Gasteiger partial charge in [0, 0.05) is 6.16 Å². The lowest BCUT2D eigenvalue weighted by atomic mass is 10.1. The zero-order valence-corrected chi connectivity index (χ0v) is 10.2. The van der Waals surface area contributed by atoms with E-state index in [2.05, 4.69) is 13.8 Å². The predicted octanol–water partition coefficient (Wildman–Crippen LogP) is 3.20.